The Balaban J connectivity index is 2.30. The molecule has 18 heavy (non-hydrogen) atoms. The van der Waals surface area contributed by atoms with E-state index in [4.69, 9.17) is 10.5 Å². The van der Waals surface area contributed by atoms with Gasteiger partial charge in [-0.3, -0.25) is 0 Å². The van der Waals surface area contributed by atoms with Crippen LogP contribution in [0.15, 0.2) is 18.2 Å². The lowest BCUT2D eigenvalue weighted by Gasteiger charge is -2.28. The average Bonchev–Trinajstić information content (AvgIpc) is 2.78. The molecule has 1 aromatic rings. The first-order valence-corrected chi connectivity index (χ1v) is 5.70. The van der Waals surface area contributed by atoms with E-state index in [-0.39, 0.29) is 6.42 Å². The Morgan fingerprint density at radius 2 is 2.11 bits per heavy atom. The zero-order chi connectivity index (χ0) is 13.3. The first-order valence-electron chi connectivity index (χ1n) is 5.70. The molecule has 0 unspecified atom stereocenters. The normalized spacial score (nSPS) is 20.2. The van der Waals surface area contributed by atoms with Crippen LogP contribution in [0.5, 0.6) is 5.75 Å². The Hall–Kier alpha value is -1.59. The van der Waals surface area contributed by atoms with Crippen LogP contribution in [0.2, 0.25) is 0 Å². The minimum atomic E-state index is -4.20. The molecule has 0 bridgehead atoms. The van der Waals surface area contributed by atoms with Gasteiger partial charge < -0.3 is 15.4 Å². The van der Waals surface area contributed by atoms with Crippen molar-refractivity contribution in [1.29, 1.82) is 0 Å². The highest BCUT2D eigenvalue weighted by Gasteiger charge is 2.46. The number of ether oxygens (including phenoxy) is 1. The number of nitrogen functional groups attached to an aromatic ring is 1. The molecule has 1 aromatic carbocycles. The van der Waals surface area contributed by atoms with E-state index in [0.717, 1.165) is 0 Å². The Kier molecular flexibility index (Phi) is 3.28. The fraction of sp³-hybridized carbons (Fsp3) is 0.500. The Morgan fingerprint density at radius 1 is 1.39 bits per heavy atom. The summed E-state index contributed by atoms with van der Waals surface area (Å²) >= 11 is 0. The number of alkyl halides is 3. The van der Waals surface area contributed by atoms with Crippen LogP contribution in [-0.4, -0.2) is 25.9 Å². The highest BCUT2D eigenvalue weighted by Crippen LogP contribution is 2.37. The van der Waals surface area contributed by atoms with Crippen molar-refractivity contribution in [3.8, 4) is 5.75 Å². The number of rotatable bonds is 2. The molecule has 1 fully saturated rings. The van der Waals surface area contributed by atoms with Crippen molar-refractivity contribution in [1.82, 2.24) is 0 Å². The van der Waals surface area contributed by atoms with E-state index in [1.807, 2.05) is 0 Å². The summed E-state index contributed by atoms with van der Waals surface area (Å²) in [6.07, 6.45) is -3.53. The highest BCUT2D eigenvalue weighted by molar-refractivity contribution is 5.63. The maximum atomic E-state index is 12.9. The molecule has 6 heteroatoms. The van der Waals surface area contributed by atoms with Gasteiger partial charge in [0.15, 0.2) is 0 Å². The van der Waals surface area contributed by atoms with Crippen LogP contribution < -0.4 is 15.4 Å². The van der Waals surface area contributed by atoms with Gasteiger partial charge in [-0.05, 0) is 25.0 Å². The lowest BCUT2D eigenvalue weighted by Crippen LogP contribution is -2.41. The molecule has 1 aliphatic rings. The summed E-state index contributed by atoms with van der Waals surface area (Å²) in [6, 6.07) is 3.31. The largest absolute Gasteiger partial charge is 0.495 e. The number of hydrogen-bond acceptors (Lipinski definition) is 3. The van der Waals surface area contributed by atoms with E-state index in [1.54, 1.807) is 18.2 Å². The van der Waals surface area contributed by atoms with Crippen LogP contribution in [-0.2, 0) is 0 Å². The summed E-state index contributed by atoms with van der Waals surface area (Å²) in [5.41, 5.74) is 6.57. The summed E-state index contributed by atoms with van der Waals surface area (Å²) in [5, 5.41) is 0. The summed E-state index contributed by atoms with van der Waals surface area (Å²) in [4.78, 5) is 1.36. The molecule has 1 saturated heterocycles. The third-order valence-corrected chi connectivity index (χ3v) is 3.18. The van der Waals surface area contributed by atoms with Crippen molar-refractivity contribution >= 4 is 11.4 Å². The lowest BCUT2D eigenvalue weighted by molar-refractivity contribution is -0.145. The molecule has 1 aliphatic heterocycles. The zero-order valence-corrected chi connectivity index (χ0v) is 10.00. The maximum absolute atomic E-state index is 12.9. The predicted octanol–water partition coefficient (Wildman–Crippen LogP) is 2.81. The minimum absolute atomic E-state index is 0.135. The second kappa shape index (κ2) is 4.59. The summed E-state index contributed by atoms with van der Waals surface area (Å²) < 4.78 is 43.6. The molecule has 0 aromatic heterocycles. The second-order valence-electron chi connectivity index (χ2n) is 4.32. The molecule has 1 heterocycles. The summed E-state index contributed by atoms with van der Waals surface area (Å²) in [5.74, 6) is 0.403. The fourth-order valence-electron chi connectivity index (χ4n) is 2.29. The van der Waals surface area contributed by atoms with E-state index in [9.17, 15) is 13.2 Å². The molecule has 0 aliphatic carbocycles. The van der Waals surface area contributed by atoms with Crippen molar-refractivity contribution in [3.63, 3.8) is 0 Å². The lowest BCUT2D eigenvalue weighted by atomic mass is 10.2. The molecule has 100 valence electrons. The van der Waals surface area contributed by atoms with Crippen molar-refractivity contribution in [3.05, 3.63) is 18.2 Å². The monoisotopic (exact) mass is 260 g/mol. The number of anilines is 2. The van der Waals surface area contributed by atoms with E-state index in [0.29, 0.717) is 30.1 Å². The first-order chi connectivity index (χ1) is 8.43. The number of benzene rings is 1. The van der Waals surface area contributed by atoms with Crippen molar-refractivity contribution < 1.29 is 17.9 Å². The Bertz CT molecular complexity index is 434. The highest BCUT2D eigenvalue weighted by atomic mass is 19.4. The van der Waals surface area contributed by atoms with Gasteiger partial charge in [-0.15, -0.1) is 0 Å². The number of hydrogen-bond donors (Lipinski definition) is 1. The van der Waals surface area contributed by atoms with Crippen LogP contribution in [0.3, 0.4) is 0 Å². The topological polar surface area (TPSA) is 38.5 Å². The van der Waals surface area contributed by atoms with Gasteiger partial charge in [0, 0.05) is 18.3 Å². The van der Waals surface area contributed by atoms with Gasteiger partial charge in [-0.1, -0.05) is 0 Å². The van der Waals surface area contributed by atoms with Gasteiger partial charge in [0.25, 0.3) is 0 Å². The molecule has 2 rings (SSSR count). The standard InChI is InChI=1S/C12H15F3N2O/c1-18-10-7-8(4-5-9(10)16)17-6-2-3-11(17)12(13,14)15/h4-5,7,11H,2-3,6,16H2,1H3/t11-/m1/s1. The van der Waals surface area contributed by atoms with Crippen LogP contribution in [0.4, 0.5) is 24.5 Å². The molecule has 2 N–H and O–H groups in total. The van der Waals surface area contributed by atoms with Gasteiger partial charge in [-0.25, -0.2) is 0 Å². The smallest absolute Gasteiger partial charge is 0.408 e. The predicted molar refractivity (Wildman–Crippen MR) is 63.8 cm³/mol. The summed E-state index contributed by atoms with van der Waals surface area (Å²) in [6.45, 7) is 0.400. The average molecular weight is 260 g/mol. The second-order valence-corrected chi connectivity index (χ2v) is 4.32. The van der Waals surface area contributed by atoms with Crippen LogP contribution in [0, 0.1) is 0 Å². The van der Waals surface area contributed by atoms with Crippen molar-refractivity contribution in [2.75, 3.05) is 24.3 Å². The number of nitrogens with zero attached hydrogens (tertiary/aromatic N) is 1. The quantitative estimate of drug-likeness (QED) is 0.831. The van der Waals surface area contributed by atoms with Gasteiger partial charge in [0.05, 0.1) is 12.8 Å². The number of halogens is 3. The van der Waals surface area contributed by atoms with Gasteiger partial charge in [0.1, 0.15) is 11.8 Å². The van der Waals surface area contributed by atoms with E-state index < -0.39 is 12.2 Å². The molecule has 0 amide bonds. The molecule has 0 radical (unpaired) electrons. The van der Waals surface area contributed by atoms with Crippen LogP contribution in [0.25, 0.3) is 0 Å². The van der Waals surface area contributed by atoms with Gasteiger partial charge in [-0.2, -0.15) is 13.2 Å². The first kappa shape index (κ1) is 12.9. The van der Waals surface area contributed by atoms with Crippen LogP contribution in [0.1, 0.15) is 12.8 Å². The maximum Gasteiger partial charge on any atom is 0.408 e. The van der Waals surface area contributed by atoms with Crippen LogP contribution >= 0.6 is 0 Å². The number of methoxy groups -OCH3 is 1. The van der Waals surface area contributed by atoms with E-state index in [1.165, 1.54) is 12.0 Å². The van der Waals surface area contributed by atoms with Crippen molar-refractivity contribution in [2.45, 2.75) is 25.1 Å². The third-order valence-electron chi connectivity index (χ3n) is 3.18. The zero-order valence-electron chi connectivity index (χ0n) is 10.00. The third kappa shape index (κ3) is 2.32. The fourth-order valence-corrected chi connectivity index (χ4v) is 2.29. The molecule has 3 nitrogen and oxygen atoms in total. The number of nitrogens with two attached hydrogens (primary N) is 1. The van der Waals surface area contributed by atoms with Gasteiger partial charge in [0.2, 0.25) is 0 Å². The van der Waals surface area contributed by atoms with E-state index >= 15 is 0 Å². The molecular formula is C12H15F3N2O. The molecule has 1 atom stereocenters. The van der Waals surface area contributed by atoms with Gasteiger partial charge >= 0.3 is 6.18 Å². The van der Waals surface area contributed by atoms with E-state index in [2.05, 4.69) is 0 Å². The Morgan fingerprint density at radius 3 is 2.72 bits per heavy atom. The summed E-state index contributed by atoms with van der Waals surface area (Å²) in [7, 11) is 1.45. The molecular weight excluding hydrogens is 245 g/mol. The minimum Gasteiger partial charge on any atom is -0.495 e. The Labute approximate surface area is 103 Å². The van der Waals surface area contributed by atoms with Crippen molar-refractivity contribution in [2.24, 2.45) is 0 Å². The SMILES string of the molecule is COc1cc(N2CCC[C@@H]2C(F)(F)F)ccc1N. The molecule has 0 spiro atoms. The molecule has 0 saturated carbocycles.